The minimum Gasteiger partial charge on any atom is -0.349 e. The first-order valence-electron chi connectivity index (χ1n) is 11.2. The Balaban J connectivity index is 1.68. The van der Waals surface area contributed by atoms with E-state index in [0.717, 1.165) is 31.2 Å². The summed E-state index contributed by atoms with van der Waals surface area (Å²) in [6, 6.07) is 13.0. The smallest absolute Gasteiger partial charge is 0.278 e. The number of halogens is 1. The Hall–Kier alpha value is -3.81. The molecular formula is C25H25FN5O2+. The Morgan fingerprint density at radius 3 is 2.67 bits per heavy atom. The second-order valence-electron chi connectivity index (χ2n) is 8.55. The molecule has 0 atom stereocenters. The fourth-order valence-corrected chi connectivity index (χ4v) is 4.53. The van der Waals surface area contributed by atoms with Crippen molar-refractivity contribution >= 4 is 28.4 Å². The molecule has 1 aromatic carbocycles. The fourth-order valence-electron chi connectivity index (χ4n) is 4.53. The van der Waals surface area contributed by atoms with Crippen LogP contribution in [0.3, 0.4) is 0 Å². The van der Waals surface area contributed by atoms with Gasteiger partial charge in [0.25, 0.3) is 17.1 Å². The lowest BCUT2D eigenvalue weighted by molar-refractivity contribution is -0.649. The number of hydrogen-bond acceptors (Lipinski definition) is 4. The molecule has 0 unspecified atom stereocenters. The van der Waals surface area contributed by atoms with E-state index in [1.54, 1.807) is 47.2 Å². The van der Waals surface area contributed by atoms with Crippen LogP contribution in [0.1, 0.15) is 48.0 Å². The van der Waals surface area contributed by atoms with Crippen LogP contribution in [0.25, 0.3) is 16.7 Å². The van der Waals surface area contributed by atoms with Crippen molar-refractivity contribution < 1.29 is 13.8 Å². The monoisotopic (exact) mass is 446 g/mol. The average molecular weight is 447 g/mol. The van der Waals surface area contributed by atoms with Gasteiger partial charge in [0.05, 0.1) is 6.54 Å². The summed E-state index contributed by atoms with van der Waals surface area (Å²) in [7, 11) is 0. The van der Waals surface area contributed by atoms with Gasteiger partial charge in [-0.2, -0.15) is 0 Å². The van der Waals surface area contributed by atoms with Gasteiger partial charge >= 0.3 is 0 Å². The molecule has 0 bridgehead atoms. The van der Waals surface area contributed by atoms with Crippen molar-refractivity contribution in [3.05, 3.63) is 82.0 Å². The number of amides is 1. The second-order valence-corrected chi connectivity index (χ2v) is 8.55. The van der Waals surface area contributed by atoms with Crippen molar-refractivity contribution in [2.45, 2.75) is 44.7 Å². The highest BCUT2D eigenvalue weighted by Gasteiger charge is 2.26. The Morgan fingerprint density at radius 2 is 1.91 bits per heavy atom. The molecule has 7 nitrogen and oxygen atoms in total. The maximum Gasteiger partial charge on any atom is 0.278 e. The number of aromatic nitrogens is 3. The molecule has 8 heteroatoms. The molecule has 168 valence electrons. The summed E-state index contributed by atoms with van der Waals surface area (Å²) in [5.74, 6) is -0.427. The highest BCUT2D eigenvalue weighted by atomic mass is 19.1. The van der Waals surface area contributed by atoms with Gasteiger partial charge in [0.15, 0.2) is 0 Å². The van der Waals surface area contributed by atoms with Gasteiger partial charge in [0, 0.05) is 12.2 Å². The maximum absolute atomic E-state index is 13.4. The predicted molar refractivity (Wildman–Crippen MR) is 123 cm³/mol. The van der Waals surface area contributed by atoms with Crippen molar-refractivity contribution in [1.82, 2.24) is 14.7 Å². The minimum absolute atomic E-state index is 0.0997. The number of hydrogen-bond donors (Lipinski definition) is 2. The summed E-state index contributed by atoms with van der Waals surface area (Å²) in [6.45, 7) is 0.239. The number of fused-ring (bicyclic) bond motifs is 2. The van der Waals surface area contributed by atoms with Crippen LogP contribution in [-0.2, 0) is 6.54 Å². The zero-order valence-corrected chi connectivity index (χ0v) is 18.1. The van der Waals surface area contributed by atoms with E-state index in [1.807, 2.05) is 0 Å². The highest BCUT2D eigenvalue weighted by molar-refractivity contribution is 6.00. The van der Waals surface area contributed by atoms with E-state index in [9.17, 15) is 14.0 Å². The third-order valence-electron chi connectivity index (χ3n) is 6.30. The fraction of sp³-hybridized carbons (Fsp3) is 0.280. The molecule has 33 heavy (non-hydrogen) atoms. The first kappa shape index (κ1) is 21.1. The summed E-state index contributed by atoms with van der Waals surface area (Å²) in [5, 5.41) is 3.38. The summed E-state index contributed by atoms with van der Waals surface area (Å²) in [6.07, 6.45) is 6.86. The summed E-state index contributed by atoms with van der Waals surface area (Å²) in [5.41, 5.74) is 8.09. The van der Waals surface area contributed by atoms with Crippen molar-refractivity contribution in [1.29, 1.82) is 0 Å². The summed E-state index contributed by atoms with van der Waals surface area (Å²) >= 11 is 0. The Kier molecular flexibility index (Phi) is 5.50. The molecule has 1 aliphatic rings. The lowest BCUT2D eigenvalue weighted by atomic mass is 9.95. The van der Waals surface area contributed by atoms with Crippen molar-refractivity contribution in [2.24, 2.45) is 0 Å². The summed E-state index contributed by atoms with van der Waals surface area (Å²) in [4.78, 5) is 31.2. The van der Waals surface area contributed by atoms with Gasteiger partial charge in [-0.1, -0.05) is 42.4 Å². The number of anilines is 1. The number of benzene rings is 1. The van der Waals surface area contributed by atoms with Crippen molar-refractivity contribution in [2.75, 3.05) is 5.73 Å². The first-order valence-corrected chi connectivity index (χ1v) is 11.2. The first-order chi connectivity index (χ1) is 16.0. The number of nitrogen functional groups attached to an aromatic ring is 1. The van der Waals surface area contributed by atoms with E-state index in [4.69, 9.17) is 5.73 Å². The van der Waals surface area contributed by atoms with Gasteiger partial charge in [-0.3, -0.25) is 14.0 Å². The number of nitrogens with one attached hydrogen (secondary N) is 1. The molecule has 1 saturated carbocycles. The zero-order chi connectivity index (χ0) is 22.9. The van der Waals surface area contributed by atoms with Crippen LogP contribution < -0.4 is 21.2 Å². The van der Waals surface area contributed by atoms with Gasteiger partial charge in [-0.05, 0) is 48.7 Å². The number of carbonyl (C=O) groups is 1. The normalized spacial score (nSPS) is 14.6. The number of rotatable bonds is 4. The van der Waals surface area contributed by atoms with Gasteiger partial charge in [-0.15, -0.1) is 0 Å². The van der Waals surface area contributed by atoms with E-state index < -0.39 is 0 Å². The van der Waals surface area contributed by atoms with E-state index in [1.165, 1.54) is 23.0 Å². The highest BCUT2D eigenvalue weighted by Crippen LogP contribution is 2.20. The van der Waals surface area contributed by atoms with E-state index in [-0.39, 0.29) is 41.3 Å². The molecular weight excluding hydrogens is 421 g/mol. The third-order valence-corrected chi connectivity index (χ3v) is 6.30. The van der Waals surface area contributed by atoms with Gasteiger partial charge < -0.3 is 11.1 Å². The third kappa shape index (κ3) is 4.04. The van der Waals surface area contributed by atoms with Gasteiger partial charge in [-0.25, -0.2) is 8.96 Å². The Bertz CT molecular complexity index is 1410. The molecule has 4 aromatic rings. The molecule has 0 spiro atoms. The molecule has 0 aliphatic heterocycles. The van der Waals surface area contributed by atoms with Crippen LogP contribution in [0.2, 0.25) is 0 Å². The molecule has 0 radical (unpaired) electrons. The molecule has 1 fully saturated rings. The number of pyridine rings is 2. The number of nitrogens with two attached hydrogens (primary N) is 1. The number of nitrogens with zero attached hydrogens (tertiary/aromatic N) is 3. The second kappa shape index (κ2) is 8.61. The van der Waals surface area contributed by atoms with Crippen molar-refractivity contribution in [3.63, 3.8) is 0 Å². The van der Waals surface area contributed by atoms with E-state index >= 15 is 0 Å². The molecule has 1 amide bonds. The Labute approximate surface area is 189 Å². The summed E-state index contributed by atoms with van der Waals surface area (Å²) < 4.78 is 16.5. The average Bonchev–Trinajstić information content (AvgIpc) is 2.83. The van der Waals surface area contributed by atoms with Crippen LogP contribution in [-0.4, -0.2) is 21.3 Å². The Morgan fingerprint density at radius 1 is 1.15 bits per heavy atom. The molecule has 1 aliphatic carbocycles. The predicted octanol–water partition coefficient (Wildman–Crippen LogP) is 2.97. The van der Waals surface area contributed by atoms with Crippen LogP contribution in [0.5, 0.6) is 0 Å². The molecule has 3 N–H and O–H groups in total. The quantitative estimate of drug-likeness (QED) is 0.372. The standard InChI is InChI=1S/C25H24FN5O2/c26-17-11-9-16(10-12-17)15-31-22(27)19(24(32)28-18-6-2-1-3-7-18)14-20-23(31)29-21-8-4-5-13-30(21)25(20)33/h4-5,8-14,18,27H,1-3,6-7,15H2,(H,28,32)/p+1. The molecule has 3 heterocycles. The molecule has 5 rings (SSSR count). The number of carbonyl (C=O) groups excluding carboxylic acids is 1. The van der Waals surface area contributed by atoms with Crippen LogP contribution in [0.4, 0.5) is 10.2 Å². The van der Waals surface area contributed by atoms with E-state index in [2.05, 4.69) is 10.3 Å². The van der Waals surface area contributed by atoms with Gasteiger partial charge in [0.1, 0.15) is 16.8 Å². The van der Waals surface area contributed by atoms with Gasteiger partial charge in [0.2, 0.25) is 11.5 Å². The van der Waals surface area contributed by atoms with Crippen LogP contribution in [0, 0.1) is 5.82 Å². The van der Waals surface area contributed by atoms with Crippen molar-refractivity contribution in [3.8, 4) is 0 Å². The minimum atomic E-state index is -0.343. The van der Waals surface area contributed by atoms with E-state index in [0.29, 0.717) is 16.7 Å². The largest absolute Gasteiger partial charge is 0.349 e. The van der Waals surface area contributed by atoms with Crippen LogP contribution in [0.15, 0.2) is 59.5 Å². The van der Waals surface area contributed by atoms with Crippen LogP contribution >= 0.6 is 0 Å². The zero-order valence-electron chi connectivity index (χ0n) is 18.1. The lowest BCUT2D eigenvalue weighted by Crippen LogP contribution is -2.44. The lowest BCUT2D eigenvalue weighted by Gasteiger charge is -2.23. The maximum atomic E-state index is 13.4. The topological polar surface area (TPSA) is 93.4 Å². The SMILES string of the molecule is Nc1c(C(=O)NC2CCCCC2)cc2c(=O)n3ccccc3nc2[n+]1Cc1ccc(F)cc1. The molecule has 3 aromatic heterocycles. The molecule has 0 saturated heterocycles.